The van der Waals surface area contributed by atoms with Gasteiger partial charge in [0.2, 0.25) is 0 Å². The van der Waals surface area contributed by atoms with Gasteiger partial charge in [-0.25, -0.2) is 4.68 Å². The Bertz CT molecular complexity index is 716. The Balaban J connectivity index is 2.02. The first-order valence-electron chi connectivity index (χ1n) is 6.07. The quantitative estimate of drug-likeness (QED) is 0.777. The van der Waals surface area contributed by atoms with Crippen molar-refractivity contribution in [2.75, 3.05) is 24.7 Å². The number of rotatable bonds is 3. The molecule has 3 rings (SSSR count). The maximum absolute atomic E-state index is 6.11. The normalized spacial score (nSPS) is 10.7. The van der Waals surface area contributed by atoms with Crippen LogP contribution in [0.3, 0.4) is 0 Å². The SMILES string of the molecule is CN(C)c1noc(-c2cnn(-c3ccccc3)c2N)n1. The van der Waals surface area contributed by atoms with E-state index in [2.05, 4.69) is 15.2 Å². The first-order chi connectivity index (χ1) is 9.66. The molecule has 3 aromatic rings. The maximum atomic E-state index is 6.11. The number of anilines is 2. The van der Waals surface area contributed by atoms with Gasteiger partial charge in [-0.1, -0.05) is 18.2 Å². The minimum Gasteiger partial charge on any atom is -0.383 e. The van der Waals surface area contributed by atoms with Gasteiger partial charge in [-0.15, -0.1) is 0 Å². The predicted octanol–water partition coefficient (Wildman–Crippen LogP) is 1.57. The van der Waals surface area contributed by atoms with Gasteiger partial charge in [0.05, 0.1) is 11.9 Å². The molecule has 2 aromatic heterocycles. The molecule has 0 saturated carbocycles. The van der Waals surface area contributed by atoms with Crippen LogP contribution >= 0.6 is 0 Å². The van der Waals surface area contributed by atoms with E-state index in [9.17, 15) is 0 Å². The second-order valence-electron chi connectivity index (χ2n) is 4.48. The summed E-state index contributed by atoms with van der Waals surface area (Å²) in [4.78, 5) is 6.02. The molecule has 0 spiro atoms. The summed E-state index contributed by atoms with van der Waals surface area (Å²) < 4.78 is 6.84. The van der Waals surface area contributed by atoms with Crippen molar-refractivity contribution in [3.63, 3.8) is 0 Å². The van der Waals surface area contributed by atoms with E-state index in [1.165, 1.54) is 0 Å². The number of hydrogen-bond acceptors (Lipinski definition) is 6. The molecule has 0 radical (unpaired) electrons. The van der Waals surface area contributed by atoms with E-state index in [1.807, 2.05) is 44.4 Å². The van der Waals surface area contributed by atoms with Gasteiger partial charge in [-0.2, -0.15) is 10.1 Å². The highest BCUT2D eigenvalue weighted by Crippen LogP contribution is 2.27. The molecule has 2 heterocycles. The zero-order valence-corrected chi connectivity index (χ0v) is 11.2. The smallest absolute Gasteiger partial charge is 0.265 e. The number of para-hydroxylation sites is 1. The minimum absolute atomic E-state index is 0.355. The fraction of sp³-hybridized carbons (Fsp3) is 0.154. The molecule has 0 fully saturated rings. The first-order valence-corrected chi connectivity index (χ1v) is 6.07. The lowest BCUT2D eigenvalue weighted by atomic mass is 10.3. The average Bonchev–Trinajstić information content (AvgIpc) is 3.06. The van der Waals surface area contributed by atoms with E-state index in [0.29, 0.717) is 23.2 Å². The van der Waals surface area contributed by atoms with Crippen LogP contribution in [-0.2, 0) is 0 Å². The minimum atomic E-state index is 0.355. The molecule has 0 aliphatic carbocycles. The summed E-state index contributed by atoms with van der Waals surface area (Å²) in [6.07, 6.45) is 1.62. The molecule has 0 bridgehead atoms. The molecule has 20 heavy (non-hydrogen) atoms. The van der Waals surface area contributed by atoms with E-state index < -0.39 is 0 Å². The van der Waals surface area contributed by atoms with Crippen molar-refractivity contribution in [1.29, 1.82) is 0 Å². The van der Waals surface area contributed by atoms with Crippen molar-refractivity contribution in [1.82, 2.24) is 19.9 Å². The van der Waals surface area contributed by atoms with Gasteiger partial charge in [0.15, 0.2) is 0 Å². The van der Waals surface area contributed by atoms with Crippen LogP contribution in [0.2, 0.25) is 0 Å². The molecular formula is C13H14N6O. The summed E-state index contributed by atoms with van der Waals surface area (Å²) >= 11 is 0. The topological polar surface area (TPSA) is 86.0 Å². The summed E-state index contributed by atoms with van der Waals surface area (Å²) in [5.41, 5.74) is 7.61. The third-order valence-corrected chi connectivity index (χ3v) is 2.85. The zero-order chi connectivity index (χ0) is 14.1. The van der Waals surface area contributed by atoms with Crippen molar-refractivity contribution in [3.8, 4) is 17.1 Å². The van der Waals surface area contributed by atoms with Crippen LogP contribution in [0, 0.1) is 0 Å². The van der Waals surface area contributed by atoms with Crippen LogP contribution in [0.5, 0.6) is 0 Å². The largest absolute Gasteiger partial charge is 0.383 e. The summed E-state index contributed by atoms with van der Waals surface area (Å²) in [5.74, 6) is 1.31. The summed E-state index contributed by atoms with van der Waals surface area (Å²) in [5, 5.41) is 8.13. The van der Waals surface area contributed by atoms with Gasteiger partial charge in [0.1, 0.15) is 11.4 Å². The number of benzene rings is 1. The van der Waals surface area contributed by atoms with Crippen molar-refractivity contribution in [2.24, 2.45) is 0 Å². The third kappa shape index (κ3) is 1.99. The lowest BCUT2D eigenvalue weighted by Gasteiger charge is -2.03. The lowest BCUT2D eigenvalue weighted by Crippen LogP contribution is -2.10. The number of hydrogen-bond donors (Lipinski definition) is 1. The van der Waals surface area contributed by atoms with Crippen LogP contribution < -0.4 is 10.6 Å². The van der Waals surface area contributed by atoms with Gasteiger partial charge >= 0.3 is 0 Å². The maximum Gasteiger partial charge on any atom is 0.265 e. The molecule has 0 unspecified atom stereocenters. The van der Waals surface area contributed by atoms with E-state index in [1.54, 1.807) is 15.8 Å². The monoisotopic (exact) mass is 270 g/mol. The predicted molar refractivity (Wildman–Crippen MR) is 75.6 cm³/mol. The van der Waals surface area contributed by atoms with E-state index in [-0.39, 0.29) is 0 Å². The van der Waals surface area contributed by atoms with Gasteiger partial charge in [-0.05, 0) is 17.3 Å². The highest BCUT2D eigenvalue weighted by molar-refractivity contribution is 5.68. The number of nitrogen functional groups attached to an aromatic ring is 1. The number of nitrogens with zero attached hydrogens (tertiary/aromatic N) is 5. The fourth-order valence-electron chi connectivity index (χ4n) is 1.80. The highest BCUT2D eigenvalue weighted by Gasteiger charge is 2.17. The second kappa shape index (κ2) is 4.69. The Morgan fingerprint density at radius 3 is 2.60 bits per heavy atom. The van der Waals surface area contributed by atoms with Gasteiger partial charge in [-0.3, -0.25) is 0 Å². The second-order valence-corrected chi connectivity index (χ2v) is 4.48. The van der Waals surface area contributed by atoms with E-state index >= 15 is 0 Å². The molecule has 7 nitrogen and oxygen atoms in total. The van der Waals surface area contributed by atoms with E-state index in [4.69, 9.17) is 10.3 Å². The highest BCUT2D eigenvalue weighted by atomic mass is 16.5. The first kappa shape index (κ1) is 12.2. The van der Waals surface area contributed by atoms with Gasteiger partial charge < -0.3 is 15.2 Å². The third-order valence-electron chi connectivity index (χ3n) is 2.85. The van der Waals surface area contributed by atoms with Crippen LogP contribution in [-0.4, -0.2) is 34.0 Å². The Hall–Kier alpha value is -2.83. The van der Waals surface area contributed by atoms with Gasteiger partial charge in [0, 0.05) is 14.1 Å². The Morgan fingerprint density at radius 1 is 1.20 bits per heavy atom. The van der Waals surface area contributed by atoms with Crippen LogP contribution in [0.1, 0.15) is 0 Å². The Morgan fingerprint density at radius 2 is 1.95 bits per heavy atom. The molecule has 0 atom stereocenters. The molecule has 2 N–H and O–H groups in total. The van der Waals surface area contributed by atoms with Crippen molar-refractivity contribution < 1.29 is 4.52 Å². The number of nitrogens with two attached hydrogens (primary N) is 1. The summed E-state index contributed by atoms with van der Waals surface area (Å²) in [6, 6.07) is 9.63. The van der Waals surface area contributed by atoms with Crippen LogP contribution in [0.4, 0.5) is 11.8 Å². The van der Waals surface area contributed by atoms with Crippen molar-refractivity contribution in [3.05, 3.63) is 36.5 Å². The van der Waals surface area contributed by atoms with Crippen LogP contribution in [0.25, 0.3) is 17.1 Å². The standard InChI is InChI=1S/C13H14N6O/c1-18(2)13-16-12(20-17-13)10-8-15-19(11(10)14)9-6-4-3-5-7-9/h3-8H,14H2,1-2H3. The summed E-state index contributed by atoms with van der Waals surface area (Å²) in [6.45, 7) is 0. The molecule has 0 aliphatic rings. The van der Waals surface area contributed by atoms with E-state index in [0.717, 1.165) is 5.69 Å². The molecular weight excluding hydrogens is 256 g/mol. The summed E-state index contributed by atoms with van der Waals surface area (Å²) in [7, 11) is 3.68. The molecule has 0 saturated heterocycles. The zero-order valence-electron chi connectivity index (χ0n) is 11.2. The van der Waals surface area contributed by atoms with Crippen molar-refractivity contribution >= 4 is 11.8 Å². The molecule has 0 aliphatic heterocycles. The van der Waals surface area contributed by atoms with Crippen molar-refractivity contribution in [2.45, 2.75) is 0 Å². The molecule has 0 amide bonds. The lowest BCUT2D eigenvalue weighted by molar-refractivity contribution is 0.431. The fourth-order valence-corrected chi connectivity index (χ4v) is 1.80. The Kier molecular flexibility index (Phi) is 2.86. The molecule has 1 aromatic carbocycles. The number of aromatic nitrogens is 4. The molecule has 7 heteroatoms. The molecule has 102 valence electrons. The Labute approximate surface area is 115 Å². The average molecular weight is 270 g/mol. The van der Waals surface area contributed by atoms with Crippen LogP contribution in [0.15, 0.2) is 41.1 Å². The van der Waals surface area contributed by atoms with Gasteiger partial charge in [0.25, 0.3) is 11.8 Å².